The van der Waals surface area contributed by atoms with Crippen molar-refractivity contribution in [1.29, 1.82) is 0 Å². The monoisotopic (exact) mass is 351 g/mol. The lowest BCUT2D eigenvalue weighted by Gasteiger charge is -2.32. The molecule has 2 rings (SSSR count). The van der Waals surface area contributed by atoms with Crippen LogP contribution < -0.4 is 0 Å². The Morgan fingerprint density at radius 2 is 1.55 bits per heavy atom. The normalized spacial score (nSPS) is 29.8. The number of piperidine rings is 1. The number of rotatable bonds is 1. The summed E-state index contributed by atoms with van der Waals surface area (Å²) in [7, 11) is 0. The fourth-order valence-corrected chi connectivity index (χ4v) is 3.57. The number of carbonyl (C=O) groups is 2. The van der Waals surface area contributed by atoms with Crippen molar-refractivity contribution in [3.63, 3.8) is 0 Å². The molecule has 1 aliphatic heterocycles. The van der Waals surface area contributed by atoms with Gasteiger partial charge in [-0.05, 0) is 41.5 Å². The average Bonchev–Trinajstić information content (AvgIpc) is 2.68. The van der Waals surface area contributed by atoms with Crippen LogP contribution in [0.5, 0.6) is 0 Å². The molecule has 0 aromatic heterocycles. The van der Waals surface area contributed by atoms with Gasteiger partial charge in [-0.3, -0.25) is 4.90 Å². The maximum Gasteiger partial charge on any atom is 0.411 e. The molecule has 126 valence electrons. The van der Waals surface area contributed by atoms with Crippen LogP contribution in [-0.2, 0) is 14.3 Å². The molecule has 1 amide bonds. The van der Waals surface area contributed by atoms with Gasteiger partial charge in [0, 0.05) is 18.4 Å². The van der Waals surface area contributed by atoms with Crippen molar-refractivity contribution in [1.82, 2.24) is 4.90 Å². The van der Waals surface area contributed by atoms with Crippen molar-refractivity contribution in [2.45, 2.75) is 63.1 Å². The lowest BCUT2D eigenvalue weighted by atomic mass is 10.1. The Labute approximate surface area is 141 Å². The van der Waals surface area contributed by atoms with Gasteiger partial charge in [0.15, 0.2) is 0 Å². The van der Waals surface area contributed by atoms with Gasteiger partial charge in [0.05, 0.1) is 0 Å². The molecule has 2 fully saturated rings. The highest BCUT2D eigenvalue weighted by atomic mass is 35.5. The third-order valence-electron chi connectivity index (χ3n) is 3.61. The summed E-state index contributed by atoms with van der Waals surface area (Å²) in [5.74, 6) is -0.923. The van der Waals surface area contributed by atoms with Crippen LogP contribution in [-0.4, -0.2) is 45.1 Å². The zero-order valence-electron chi connectivity index (χ0n) is 13.8. The molecule has 1 saturated carbocycles. The SMILES string of the molecule is CC(C)(C)OC(=O)[C@@H]1[C@@H]2[C@H](CN1C(=O)OC(C)(C)C)C2(Cl)Cl. The first kappa shape index (κ1) is 17.7. The Kier molecular flexibility index (Phi) is 4.15. The van der Waals surface area contributed by atoms with E-state index in [2.05, 4.69) is 0 Å². The van der Waals surface area contributed by atoms with Crippen molar-refractivity contribution < 1.29 is 19.1 Å². The number of esters is 1. The predicted molar refractivity (Wildman–Crippen MR) is 84.0 cm³/mol. The van der Waals surface area contributed by atoms with Gasteiger partial charge in [-0.1, -0.05) is 0 Å². The maximum atomic E-state index is 12.5. The Morgan fingerprint density at radius 1 is 1.05 bits per heavy atom. The molecule has 1 saturated heterocycles. The van der Waals surface area contributed by atoms with Crippen molar-refractivity contribution in [2.24, 2.45) is 11.8 Å². The topological polar surface area (TPSA) is 55.8 Å². The van der Waals surface area contributed by atoms with E-state index in [-0.39, 0.29) is 11.8 Å². The lowest BCUT2D eigenvalue weighted by Crippen LogP contribution is -2.49. The Bertz CT molecular complexity index is 493. The molecule has 1 heterocycles. The highest BCUT2D eigenvalue weighted by Crippen LogP contribution is 2.65. The quantitative estimate of drug-likeness (QED) is 0.536. The molecular formula is C15H23Cl2NO4. The molecule has 7 heteroatoms. The van der Waals surface area contributed by atoms with Gasteiger partial charge in [-0.15, -0.1) is 23.2 Å². The van der Waals surface area contributed by atoms with Crippen molar-refractivity contribution >= 4 is 35.3 Å². The second-order valence-electron chi connectivity index (χ2n) is 7.92. The van der Waals surface area contributed by atoms with E-state index in [1.807, 2.05) is 0 Å². The molecule has 1 aliphatic carbocycles. The molecule has 22 heavy (non-hydrogen) atoms. The average molecular weight is 352 g/mol. The van der Waals surface area contributed by atoms with Gasteiger partial charge in [-0.2, -0.15) is 0 Å². The Hall–Kier alpha value is -0.680. The standard InChI is InChI=1S/C15H23Cl2NO4/c1-13(2,3)21-11(19)10-9-8(15(9,16)17)7-18(10)12(20)22-14(4,5)6/h8-10H,7H2,1-6H3/t8-,9-,10-/m0/s1. The number of ether oxygens (including phenoxy) is 2. The van der Waals surface area contributed by atoms with Crippen LogP contribution in [0.2, 0.25) is 0 Å². The van der Waals surface area contributed by atoms with E-state index < -0.39 is 33.6 Å². The molecule has 0 aromatic carbocycles. The van der Waals surface area contributed by atoms with E-state index in [4.69, 9.17) is 32.7 Å². The molecule has 5 nitrogen and oxygen atoms in total. The number of fused-ring (bicyclic) bond motifs is 1. The van der Waals surface area contributed by atoms with Crippen LogP contribution in [0.3, 0.4) is 0 Å². The van der Waals surface area contributed by atoms with Gasteiger partial charge < -0.3 is 9.47 Å². The van der Waals surface area contributed by atoms with Crippen LogP contribution in [0.1, 0.15) is 41.5 Å². The number of hydrogen-bond donors (Lipinski definition) is 0. The lowest BCUT2D eigenvalue weighted by molar-refractivity contribution is -0.161. The van der Waals surface area contributed by atoms with Crippen LogP contribution in [0.25, 0.3) is 0 Å². The summed E-state index contributed by atoms with van der Waals surface area (Å²) >= 11 is 12.4. The number of carbonyl (C=O) groups excluding carboxylic acids is 2. The number of nitrogens with zero attached hydrogens (tertiary/aromatic N) is 1. The van der Waals surface area contributed by atoms with Crippen molar-refractivity contribution in [3.05, 3.63) is 0 Å². The predicted octanol–water partition coefficient (Wildman–Crippen LogP) is 3.37. The van der Waals surface area contributed by atoms with E-state index in [0.717, 1.165) is 0 Å². The number of halogens is 2. The molecule has 2 aliphatic rings. The van der Waals surface area contributed by atoms with Crippen LogP contribution in [0.15, 0.2) is 0 Å². The second kappa shape index (κ2) is 5.17. The van der Waals surface area contributed by atoms with E-state index >= 15 is 0 Å². The zero-order valence-corrected chi connectivity index (χ0v) is 15.3. The van der Waals surface area contributed by atoms with Crippen molar-refractivity contribution in [2.75, 3.05) is 6.54 Å². The van der Waals surface area contributed by atoms with Crippen LogP contribution in [0.4, 0.5) is 4.79 Å². The van der Waals surface area contributed by atoms with Crippen molar-refractivity contribution in [3.8, 4) is 0 Å². The van der Waals surface area contributed by atoms with Crippen LogP contribution in [0, 0.1) is 11.8 Å². The van der Waals surface area contributed by atoms with Gasteiger partial charge in [0.25, 0.3) is 0 Å². The Morgan fingerprint density at radius 3 is 2.00 bits per heavy atom. The first-order valence-corrected chi connectivity index (χ1v) is 8.10. The summed E-state index contributed by atoms with van der Waals surface area (Å²) in [6, 6.07) is -0.797. The summed E-state index contributed by atoms with van der Waals surface area (Å²) in [6.07, 6.45) is -0.542. The summed E-state index contributed by atoms with van der Waals surface area (Å²) in [6.45, 7) is 11.0. The van der Waals surface area contributed by atoms with Gasteiger partial charge in [-0.25, -0.2) is 9.59 Å². The summed E-state index contributed by atoms with van der Waals surface area (Å²) < 4.78 is 9.81. The first-order valence-electron chi connectivity index (χ1n) is 7.34. The summed E-state index contributed by atoms with van der Waals surface area (Å²) in [5.41, 5.74) is -1.29. The molecule has 3 atom stereocenters. The zero-order chi connectivity index (χ0) is 17.1. The minimum absolute atomic E-state index is 0.124. The van der Waals surface area contributed by atoms with Crippen LogP contribution >= 0.6 is 23.2 Å². The largest absolute Gasteiger partial charge is 0.458 e. The van der Waals surface area contributed by atoms with E-state index in [1.165, 1.54) is 4.90 Å². The van der Waals surface area contributed by atoms with E-state index in [9.17, 15) is 9.59 Å². The molecule has 0 unspecified atom stereocenters. The number of hydrogen-bond acceptors (Lipinski definition) is 4. The Balaban J connectivity index is 2.17. The number of likely N-dealkylation sites (tertiary alicyclic amines) is 1. The number of alkyl halides is 2. The minimum Gasteiger partial charge on any atom is -0.458 e. The second-order valence-corrected chi connectivity index (χ2v) is 9.36. The molecule has 0 N–H and O–H groups in total. The van der Waals surface area contributed by atoms with Gasteiger partial charge in [0.2, 0.25) is 0 Å². The summed E-state index contributed by atoms with van der Waals surface area (Å²) in [4.78, 5) is 26.2. The molecule has 0 bridgehead atoms. The minimum atomic E-state index is -0.972. The number of amides is 1. The highest BCUT2D eigenvalue weighted by molar-refractivity contribution is 6.51. The van der Waals surface area contributed by atoms with E-state index in [1.54, 1.807) is 41.5 Å². The summed E-state index contributed by atoms with van der Waals surface area (Å²) in [5, 5.41) is 0. The smallest absolute Gasteiger partial charge is 0.411 e. The molecule has 0 aromatic rings. The third kappa shape index (κ3) is 3.46. The van der Waals surface area contributed by atoms with Gasteiger partial charge >= 0.3 is 12.1 Å². The third-order valence-corrected chi connectivity index (χ3v) is 4.67. The van der Waals surface area contributed by atoms with E-state index in [0.29, 0.717) is 6.54 Å². The molecule has 0 spiro atoms. The fourth-order valence-electron chi connectivity index (χ4n) is 2.75. The maximum absolute atomic E-state index is 12.5. The fraction of sp³-hybridized carbons (Fsp3) is 0.867. The van der Waals surface area contributed by atoms with Gasteiger partial charge in [0.1, 0.15) is 21.6 Å². The molecular weight excluding hydrogens is 329 g/mol. The first-order chi connectivity index (χ1) is 9.74. The highest BCUT2D eigenvalue weighted by Gasteiger charge is 2.74. The molecule has 0 radical (unpaired) electrons.